The summed E-state index contributed by atoms with van der Waals surface area (Å²) in [5.41, 5.74) is -1.19. The second-order valence-corrected chi connectivity index (χ2v) is 5.50. The molecule has 0 radical (unpaired) electrons. The molecule has 0 unspecified atom stereocenters. The molecule has 0 spiro atoms. The van der Waals surface area contributed by atoms with Crippen LogP contribution in [0.25, 0.3) is 10.8 Å². The van der Waals surface area contributed by atoms with Gasteiger partial charge in [0.15, 0.2) is 0 Å². The van der Waals surface area contributed by atoms with Gasteiger partial charge in [-0.2, -0.15) is 0 Å². The van der Waals surface area contributed by atoms with E-state index in [9.17, 15) is 9.59 Å². The first-order valence-corrected chi connectivity index (χ1v) is 7.25. The molecule has 0 aliphatic heterocycles. The predicted molar refractivity (Wildman–Crippen MR) is 81.8 cm³/mol. The molecule has 1 saturated carbocycles. The highest BCUT2D eigenvalue weighted by molar-refractivity contribution is 6.04. The standard InChI is InChI=1S/C17H17NO4/c19-15(17(7-8-17)16(20)21)18-9-10-22-14-6-5-12-3-1-2-4-13(12)11-14/h1-6,11H,7-10H2,(H,18,19)(H,20,21). The zero-order valence-electron chi connectivity index (χ0n) is 12.0. The Hall–Kier alpha value is -2.56. The lowest BCUT2D eigenvalue weighted by atomic mass is 10.1. The van der Waals surface area contributed by atoms with Crippen LogP contribution in [0.3, 0.4) is 0 Å². The van der Waals surface area contributed by atoms with Crippen molar-refractivity contribution in [2.75, 3.05) is 13.2 Å². The minimum atomic E-state index is -1.19. The molecule has 0 bridgehead atoms. The lowest BCUT2D eigenvalue weighted by Crippen LogP contribution is -2.38. The largest absolute Gasteiger partial charge is 0.492 e. The van der Waals surface area contributed by atoms with Crippen molar-refractivity contribution in [3.05, 3.63) is 42.5 Å². The molecule has 2 N–H and O–H groups in total. The van der Waals surface area contributed by atoms with Gasteiger partial charge in [0, 0.05) is 0 Å². The Morgan fingerprint density at radius 3 is 2.55 bits per heavy atom. The lowest BCUT2D eigenvalue weighted by molar-refractivity contribution is -0.149. The minimum Gasteiger partial charge on any atom is -0.492 e. The van der Waals surface area contributed by atoms with E-state index in [1.54, 1.807) is 0 Å². The molecule has 0 saturated heterocycles. The zero-order valence-corrected chi connectivity index (χ0v) is 12.0. The van der Waals surface area contributed by atoms with Crippen molar-refractivity contribution in [1.82, 2.24) is 5.32 Å². The van der Waals surface area contributed by atoms with E-state index in [0.717, 1.165) is 16.5 Å². The first kappa shape index (κ1) is 14.4. The maximum atomic E-state index is 11.8. The first-order chi connectivity index (χ1) is 10.6. The van der Waals surface area contributed by atoms with Crippen molar-refractivity contribution in [2.45, 2.75) is 12.8 Å². The molecule has 0 atom stereocenters. The Morgan fingerprint density at radius 1 is 1.14 bits per heavy atom. The number of ether oxygens (including phenoxy) is 1. The van der Waals surface area contributed by atoms with E-state index in [0.29, 0.717) is 26.0 Å². The number of hydrogen-bond donors (Lipinski definition) is 2. The molecule has 1 amide bonds. The van der Waals surface area contributed by atoms with Gasteiger partial charge >= 0.3 is 5.97 Å². The molecular weight excluding hydrogens is 282 g/mol. The number of aliphatic carboxylic acids is 1. The number of rotatable bonds is 6. The Morgan fingerprint density at radius 2 is 1.86 bits per heavy atom. The summed E-state index contributed by atoms with van der Waals surface area (Å²) in [5.74, 6) is -0.727. The smallest absolute Gasteiger partial charge is 0.319 e. The molecule has 0 heterocycles. The van der Waals surface area contributed by atoms with Crippen LogP contribution >= 0.6 is 0 Å². The van der Waals surface area contributed by atoms with Crippen molar-refractivity contribution in [3.8, 4) is 5.75 Å². The number of nitrogens with one attached hydrogen (secondary N) is 1. The number of benzene rings is 2. The summed E-state index contributed by atoms with van der Waals surface area (Å²) in [6.45, 7) is 0.598. The second-order valence-electron chi connectivity index (χ2n) is 5.50. The van der Waals surface area contributed by atoms with Crippen LogP contribution in [-0.4, -0.2) is 30.1 Å². The molecule has 2 aromatic rings. The summed E-state index contributed by atoms with van der Waals surface area (Å²) in [6.07, 6.45) is 0.833. The van der Waals surface area contributed by atoms with Gasteiger partial charge in [-0.25, -0.2) is 0 Å². The second kappa shape index (κ2) is 5.67. The number of carboxylic acid groups (broad SMARTS) is 1. The van der Waals surface area contributed by atoms with E-state index in [-0.39, 0.29) is 0 Å². The van der Waals surface area contributed by atoms with E-state index in [1.165, 1.54) is 0 Å². The zero-order chi connectivity index (χ0) is 15.6. The number of carbonyl (C=O) groups excluding carboxylic acids is 1. The summed E-state index contributed by atoms with van der Waals surface area (Å²) >= 11 is 0. The molecule has 5 nitrogen and oxygen atoms in total. The molecular formula is C17H17NO4. The van der Waals surface area contributed by atoms with Crippen molar-refractivity contribution in [2.24, 2.45) is 5.41 Å². The average Bonchev–Trinajstić information content (AvgIpc) is 3.33. The summed E-state index contributed by atoms with van der Waals surface area (Å²) in [5, 5.41) is 13.9. The van der Waals surface area contributed by atoms with Crippen LogP contribution in [-0.2, 0) is 9.59 Å². The Bertz CT molecular complexity index is 721. The highest BCUT2D eigenvalue weighted by atomic mass is 16.5. The summed E-state index contributed by atoms with van der Waals surface area (Å²) in [7, 11) is 0. The van der Waals surface area contributed by atoms with Gasteiger partial charge in [-0.1, -0.05) is 30.3 Å². The topological polar surface area (TPSA) is 75.6 Å². The van der Waals surface area contributed by atoms with Crippen LogP contribution in [0.2, 0.25) is 0 Å². The maximum absolute atomic E-state index is 11.8. The first-order valence-electron chi connectivity index (χ1n) is 7.25. The molecule has 2 aromatic carbocycles. The molecule has 3 rings (SSSR count). The van der Waals surface area contributed by atoms with Gasteiger partial charge in [0.2, 0.25) is 5.91 Å². The number of carboxylic acids is 1. The highest BCUT2D eigenvalue weighted by Gasteiger charge is 2.56. The van der Waals surface area contributed by atoms with Gasteiger partial charge in [-0.3, -0.25) is 9.59 Å². The third-order valence-corrected chi connectivity index (χ3v) is 3.97. The molecule has 1 aliphatic rings. The number of fused-ring (bicyclic) bond motifs is 1. The summed E-state index contributed by atoms with van der Waals surface area (Å²) < 4.78 is 5.60. The molecule has 22 heavy (non-hydrogen) atoms. The van der Waals surface area contributed by atoms with Crippen LogP contribution in [0.4, 0.5) is 0 Å². The Kier molecular flexibility index (Phi) is 3.71. The van der Waals surface area contributed by atoms with Crippen LogP contribution < -0.4 is 10.1 Å². The van der Waals surface area contributed by atoms with Gasteiger partial charge in [0.25, 0.3) is 0 Å². The van der Waals surface area contributed by atoms with Gasteiger partial charge < -0.3 is 15.2 Å². The van der Waals surface area contributed by atoms with Crippen molar-refractivity contribution < 1.29 is 19.4 Å². The monoisotopic (exact) mass is 299 g/mol. The Labute approximate surface area is 127 Å². The fourth-order valence-electron chi connectivity index (χ4n) is 2.42. The van der Waals surface area contributed by atoms with Crippen molar-refractivity contribution >= 4 is 22.6 Å². The normalized spacial score (nSPS) is 15.3. The number of hydrogen-bond acceptors (Lipinski definition) is 3. The molecule has 0 aromatic heterocycles. The molecule has 1 fully saturated rings. The quantitative estimate of drug-likeness (QED) is 0.633. The van der Waals surface area contributed by atoms with Gasteiger partial charge in [0.05, 0.1) is 6.54 Å². The van der Waals surface area contributed by atoms with Gasteiger partial charge in [-0.05, 0) is 35.7 Å². The van der Waals surface area contributed by atoms with Crippen LogP contribution in [0.15, 0.2) is 42.5 Å². The predicted octanol–water partition coefficient (Wildman–Crippen LogP) is 2.20. The van der Waals surface area contributed by atoms with E-state index in [2.05, 4.69) is 5.32 Å². The van der Waals surface area contributed by atoms with Gasteiger partial charge in [0.1, 0.15) is 17.8 Å². The summed E-state index contributed by atoms with van der Waals surface area (Å²) in [4.78, 5) is 22.8. The average molecular weight is 299 g/mol. The van der Waals surface area contributed by atoms with E-state index >= 15 is 0 Å². The maximum Gasteiger partial charge on any atom is 0.319 e. The fraction of sp³-hybridized carbons (Fsp3) is 0.294. The molecule has 5 heteroatoms. The van der Waals surface area contributed by atoms with Crippen molar-refractivity contribution in [1.29, 1.82) is 0 Å². The van der Waals surface area contributed by atoms with Crippen LogP contribution in [0.5, 0.6) is 5.75 Å². The SMILES string of the molecule is O=C(O)C1(C(=O)NCCOc2ccc3ccccc3c2)CC1. The number of amides is 1. The van der Waals surface area contributed by atoms with E-state index in [1.807, 2.05) is 42.5 Å². The minimum absolute atomic E-state index is 0.292. The van der Waals surface area contributed by atoms with Crippen LogP contribution in [0.1, 0.15) is 12.8 Å². The molecule has 1 aliphatic carbocycles. The van der Waals surface area contributed by atoms with Crippen molar-refractivity contribution in [3.63, 3.8) is 0 Å². The van der Waals surface area contributed by atoms with E-state index in [4.69, 9.17) is 9.84 Å². The lowest BCUT2D eigenvalue weighted by Gasteiger charge is -2.11. The molecule has 114 valence electrons. The van der Waals surface area contributed by atoms with E-state index < -0.39 is 17.3 Å². The van der Waals surface area contributed by atoms with Gasteiger partial charge in [-0.15, -0.1) is 0 Å². The highest BCUT2D eigenvalue weighted by Crippen LogP contribution is 2.45. The third-order valence-electron chi connectivity index (χ3n) is 3.97. The van der Waals surface area contributed by atoms with Crippen LogP contribution in [0, 0.1) is 5.41 Å². The third kappa shape index (κ3) is 2.74. The summed E-state index contributed by atoms with van der Waals surface area (Å²) in [6, 6.07) is 13.8. The Balaban J connectivity index is 1.50. The number of carbonyl (C=O) groups is 2. The fourth-order valence-corrected chi connectivity index (χ4v) is 2.42.